The molecule has 2 aliphatic rings. The average Bonchev–Trinajstić information content (AvgIpc) is 2.48. The van der Waals surface area contributed by atoms with Gasteiger partial charge in [0.1, 0.15) is 0 Å². The van der Waals surface area contributed by atoms with Gasteiger partial charge in [0.15, 0.2) is 5.11 Å². The normalized spacial score (nSPS) is 26.5. The topological polar surface area (TPSA) is 44.4 Å². The number of carbonyl (C=O) groups is 1. The molecule has 0 aliphatic carbocycles. The molecule has 0 unspecified atom stereocenters. The molecule has 0 spiro atoms. The maximum atomic E-state index is 11.3. The number of halogens is 1. The Morgan fingerprint density at radius 1 is 1.22 bits per heavy atom. The molecule has 0 radical (unpaired) electrons. The van der Waals surface area contributed by atoms with Crippen LogP contribution < -0.4 is 10.6 Å². The minimum absolute atomic E-state index is 0.0587. The Labute approximate surface area is 147 Å². The Morgan fingerprint density at radius 3 is 2.39 bits per heavy atom. The average molecular weight is 352 g/mol. The fourth-order valence-electron chi connectivity index (χ4n) is 3.84. The minimum atomic E-state index is 0.0587. The Hall–Kier alpha value is -1.33. The van der Waals surface area contributed by atoms with Crippen LogP contribution in [0.2, 0.25) is 5.02 Å². The van der Waals surface area contributed by atoms with Crippen molar-refractivity contribution in [1.82, 2.24) is 10.2 Å². The van der Waals surface area contributed by atoms with E-state index < -0.39 is 0 Å². The largest absolute Gasteiger partial charge is 0.353 e. The molecule has 0 saturated carbocycles. The van der Waals surface area contributed by atoms with E-state index in [0.29, 0.717) is 12.1 Å². The lowest BCUT2D eigenvalue weighted by atomic mass is 9.82. The van der Waals surface area contributed by atoms with E-state index >= 15 is 0 Å². The molecule has 2 N–H and O–H groups in total. The molecular formula is C17H22ClN3OS. The molecule has 0 aromatic heterocycles. The molecule has 6 heteroatoms. The summed E-state index contributed by atoms with van der Waals surface area (Å²) in [7, 11) is 0. The van der Waals surface area contributed by atoms with Crippen molar-refractivity contribution in [3.63, 3.8) is 0 Å². The summed E-state index contributed by atoms with van der Waals surface area (Å²) in [5.41, 5.74) is 0.960. The monoisotopic (exact) mass is 351 g/mol. The van der Waals surface area contributed by atoms with Crippen LogP contribution in [0.5, 0.6) is 0 Å². The summed E-state index contributed by atoms with van der Waals surface area (Å²) in [5, 5.41) is 7.91. The van der Waals surface area contributed by atoms with Crippen LogP contribution in [0.3, 0.4) is 0 Å². The van der Waals surface area contributed by atoms with Crippen molar-refractivity contribution >= 4 is 40.5 Å². The number of anilines is 1. The van der Waals surface area contributed by atoms with Crippen LogP contribution >= 0.6 is 23.8 Å². The van der Waals surface area contributed by atoms with Gasteiger partial charge in [0.2, 0.25) is 5.91 Å². The standard InChI is InChI=1S/C17H22ClN3OS/c1-11(22)19-14-9-15-3-2-4-16(10-14)21(15)17(23)20-13-7-5-12(18)6-8-13/h5-8,14-16H,2-4,9-10H2,1H3,(H,19,22)(H,20,23)/t15-,16-/m0/s1. The first-order valence-corrected chi connectivity index (χ1v) is 8.93. The van der Waals surface area contributed by atoms with E-state index in [0.717, 1.165) is 41.5 Å². The number of carbonyl (C=O) groups excluding carboxylic acids is 1. The van der Waals surface area contributed by atoms with Crippen LogP contribution in [0.4, 0.5) is 5.69 Å². The lowest BCUT2D eigenvalue weighted by Gasteiger charge is -2.50. The highest BCUT2D eigenvalue weighted by molar-refractivity contribution is 7.80. The fourth-order valence-corrected chi connectivity index (χ4v) is 4.38. The third-order valence-electron chi connectivity index (χ3n) is 4.71. The quantitative estimate of drug-likeness (QED) is 0.800. The summed E-state index contributed by atoms with van der Waals surface area (Å²) >= 11 is 11.6. The molecule has 124 valence electrons. The van der Waals surface area contributed by atoms with Crippen LogP contribution in [-0.2, 0) is 4.79 Å². The SMILES string of the molecule is CC(=O)NC1C[C@@H]2CCC[C@@H](C1)N2C(=S)Nc1ccc(Cl)cc1. The summed E-state index contributed by atoms with van der Waals surface area (Å²) in [6, 6.07) is 8.69. The number of thiocarbonyl (C=S) groups is 1. The van der Waals surface area contributed by atoms with Gasteiger partial charge in [-0.3, -0.25) is 4.79 Å². The highest BCUT2D eigenvalue weighted by Gasteiger charge is 2.39. The molecule has 1 aromatic carbocycles. The highest BCUT2D eigenvalue weighted by atomic mass is 35.5. The predicted molar refractivity (Wildman–Crippen MR) is 97.8 cm³/mol. The van der Waals surface area contributed by atoms with Gasteiger partial charge < -0.3 is 15.5 Å². The lowest BCUT2D eigenvalue weighted by molar-refractivity contribution is -0.120. The molecule has 2 saturated heterocycles. The van der Waals surface area contributed by atoms with E-state index in [-0.39, 0.29) is 11.9 Å². The number of amides is 1. The second-order valence-corrected chi connectivity index (χ2v) is 7.27. The molecule has 23 heavy (non-hydrogen) atoms. The van der Waals surface area contributed by atoms with Crippen LogP contribution in [0.1, 0.15) is 39.0 Å². The summed E-state index contributed by atoms with van der Waals surface area (Å²) in [4.78, 5) is 13.7. The summed E-state index contributed by atoms with van der Waals surface area (Å²) in [5.74, 6) is 0.0587. The van der Waals surface area contributed by atoms with Crippen molar-refractivity contribution in [2.75, 3.05) is 5.32 Å². The van der Waals surface area contributed by atoms with Gasteiger partial charge in [-0.15, -0.1) is 0 Å². The van der Waals surface area contributed by atoms with Crippen LogP contribution in [0.15, 0.2) is 24.3 Å². The van der Waals surface area contributed by atoms with Gasteiger partial charge in [-0.2, -0.15) is 0 Å². The number of rotatable bonds is 2. The number of piperidine rings is 2. The predicted octanol–water partition coefficient (Wildman–Crippen LogP) is 3.56. The number of benzene rings is 1. The second kappa shape index (κ2) is 7.05. The Bertz CT molecular complexity index is 578. The third kappa shape index (κ3) is 3.96. The number of nitrogens with one attached hydrogen (secondary N) is 2. The van der Waals surface area contributed by atoms with Crippen molar-refractivity contribution < 1.29 is 4.79 Å². The third-order valence-corrected chi connectivity index (χ3v) is 5.28. The number of hydrogen-bond donors (Lipinski definition) is 2. The van der Waals surface area contributed by atoms with Crippen LogP contribution in [-0.4, -0.2) is 34.0 Å². The Kier molecular flexibility index (Phi) is 5.07. The van der Waals surface area contributed by atoms with E-state index in [1.807, 2.05) is 24.3 Å². The van der Waals surface area contributed by atoms with E-state index in [1.54, 1.807) is 6.92 Å². The first-order chi connectivity index (χ1) is 11.0. The molecule has 3 rings (SSSR count). The molecule has 2 heterocycles. The van der Waals surface area contributed by atoms with E-state index in [9.17, 15) is 4.79 Å². The minimum Gasteiger partial charge on any atom is -0.353 e. The number of hydrogen-bond acceptors (Lipinski definition) is 2. The van der Waals surface area contributed by atoms with E-state index in [2.05, 4.69) is 15.5 Å². The summed E-state index contributed by atoms with van der Waals surface area (Å²) < 4.78 is 0. The highest BCUT2D eigenvalue weighted by Crippen LogP contribution is 2.34. The van der Waals surface area contributed by atoms with Gasteiger partial charge >= 0.3 is 0 Å². The molecule has 2 aliphatic heterocycles. The molecule has 2 fully saturated rings. The van der Waals surface area contributed by atoms with Crippen molar-refractivity contribution in [1.29, 1.82) is 0 Å². The van der Waals surface area contributed by atoms with Crippen LogP contribution in [0, 0.1) is 0 Å². The lowest BCUT2D eigenvalue weighted by Crippen LogP contribution is -2.59. The maximum absolute atomic E-state index is 11.3. The summed E-state index contributed by atoms with van der Waals surface area (Å²) in [6.07, 6.45) is 5.45. The van der Waals surface area contributed by atoms with Gasteiger partial charge in [0, 0.05) is 35.8 Å². The second-order valence-electron chi connectivity index (χ2n) is 6.45. The first-order valence-electron chi connectivity index (χ1n) is 8.15. The van der Waals surface area contributed by atoms with Gasteiger partial charge in [-0.25, -0.2) is 0 Å². The maximum Gasteiger partial charge on any atom is 0.217 e. The smallest absolute Gasteiger partial charge is 0.217 e. The first kappa shape index (κ1) is 16.5. The van der Waals surface area contributed by atoms with Gasteiger partial charge in [-0.1, -0.05) is 11.6 Å². The van der Waals surface area contributed by atoms with Crippen molar-refractivity contribution in [3.8, 4) is 0 Å². The van der Waals surface area contributed by atoms with Gasteiger partial charge in [-0.05, 0) is 68.6 Å². The van der Waals surface area contributed by atoms with Crippen molar-refractivity contribution in [2.45, 2.75) is 57.2 Å². The zero-order valence-electron chi connectivity index (χ0n) is 13.2. The molecule has 1 aromatic rings. The zero-order valence-corrected chi connectivity index (χ0v) is 14.8. The zero-order chi connectivity index (χ0) is 16.4. The van der Waals surface area contributed by atoms with Gasteiger partial charge in [0.25, 0.3) is 0 Å². The fraction of sp³-hybridized carbons (Fsp3) is 0.529. The Morgan fingerprint density at radius 2 is 1.83 bits per heavy atom. The Balaban J connectivity index is 1.68. The molecule has 2 bridgehead atoms. The number of nitrogens with zero attached hydrogens (tertiary/aromatic N) is 1. The number of fused-ring (bicyclic) bond motifs is 2. The van der Waals surface area contributed by atoms with Crippen molar-refractivity contribution in [3.05, 3.63) is 29.3 Å². The van der Waals surface area contributed by atoms with Gasteiger partial charge in [0.05, 0.1) is 0 Å². The van der Waals surface area contributed by atoms with Crippen molar-refractivity contribution in [2.24, 2.45) is 0 Å². The molecule has 4 nitrogen and oxygen atoms in total. The van der Waals surface area contributed by atoms with Crippen LogP contribution in [0.25, 0.3) is 0 Å². The molecular weight excluding hydrogens is 330 g/mol. The summed E-state index contributed by atoms with van der Waals surface area (Å²) in [6.45, 7) is 1.59. The van der Waals surface area contributed by atoms with E-state index in [4.69, 9.17) is 23.8 Å². The van der Waals surface area contributed by atoms with E-state index in [1.165, 1.54) is 6.42 Å². The molecule has 1 amide bonds. The molecule has 2 atom stereocenters.